The molecule has 1 N–H and O–H groups in total. The topological polar surface area (TPSA) is 43.8 Å². The van der Waals surface area contributed by atoms with Crippen LogP contribution in [0.25, 0.3) is 0 Å². The molecule has 1 atom stereocenters. The van der Waals surface area contributed by atoms with Gasteiger partial charge in [-0.1, -0.05) is 30.3 Å². The number of likely N-dealkylation sites (tertiary alicyclic amines) is 2. The highest BCUT2D eigenvalue weighted by Gasteiger charge is 2.49. The largest absolute Gasteiger partial charge is 0.395 e. The van der Waals surface area contributed by atoms with Crippen LogP contribution in [0.3, 0.4) is 0 Å². The number of benzene rings is 1. The van der Waals surface area contributed by atoms with Crippen molar-refractivity contribution in [3.63, 3.8) is 0 Å². The van der Waals surface area contributed by atoms with Gasteiger partial charge in [0, 0.05) is 38.0 Å². The molecule has 23 heavy (non-hydrogen) atoms. The van der Waals surface area contributed by atoms with Gasteiger partial charge in [-0.05, 0) is 12.0 Å². The van der Waals surface area contributed by atoms with E-state index in [-0.39, 0.29) is 31.5 Å². The maximum Gasteiger partial charge on any atom is 0.262 e. The molecule has 126 valence electrons. The predicted octanol–water partition coefficient (Wildman–Crippen LogP) is 1.53. The van der Waals surface area contributed by atoms with Crippen LogP contribution < -0.4 is 0 Å². The van der Waals surface area contributed by atoms with E-state index in [0.717, 1.165) is 5.56 Å². The summed E-state index contributed by atoms with van der Waals surface area (Å²) in [5, 5.41) is 9.27. The molecule has 2 fully saturated rings. The maximum atomic E-state index is 13.5. The van der Waals surface area contributed by atoms with Gasteiger partial charge in [0.25, 0.3) is 5.92 Å². The number of halogens is 2. The van der Waals surface area contributed by atoms with Crippen LogP contribution in [0.1, 0.15) is 18.4 Å². The molecule has 6 heteroatoms. The Hall–Kier alpha value is -1.53. The third-order valence-corrected chi connectivity index (χ3v) is 4.78. The molecular weight excluding hydrogens is 302 g/mol. The normalized spacial score (nSPS) is 24.7. The lowest BCUT2D eigenvalue weighted by atomic mass is 10.0. The second-order valence-corrected chi connectivity index (χ2v) is 6.51. The minimum Gasteiger partial charge on any atom is -0.395 e. The summed E-state index contributed by atoms with van der Waals surface area (Å²) < 4.78 is 27.0. The van der Waals surface area contributed by atoms with Gasteiger partial charge in [-0.3, -0.25) is 9.69 Å². The molecule has 2 heterocycles. The van der Waals surface area contributed by atoms with Crippen molar-refractivity contribution < 1.29 is 18.7 Å². The number of alkyl halides is 2. The van der Waals surface area contributed by atoms with Crippen LogP contribution >= 0.6 is 0 Å². The summed E-state index contributed by atoms with van der Waals surface area (Å²) in [6, 6.07) is 9.27. The highest BCUT2D eigenvalue weighted by atomic mass is 19.3. The smallest absolute Gasteiger partial charge is 0.262 e. The maximum absolute atomic E-state index is 13.5. The highest BCUT2D eigenvalue weighted by Crippen LogP contribution is 2.35. The molecule has 1 aromatic rings. The molecular formula is C17H22F2N2O2. The highest BCUT2D eigenvalue weighted by molar-refractivity contribution is 5.77. The first kappa shape index (κ1) is 16.3. The Labute approximate surface area is 134 Å². The SMILES string of the molecule is O=C(CCc1ccccc1)N1CC(N2CC(F)(F)C[C@H]2CO)C1. The van der Waals surface area contributed by atoms with Crippen molar-refractivity contribution in [2.45, 2.75) is 37.3 Å². The average molecular weight is 324 g/mol. The fourth-order valence-corrected chi connectivity index (χ4v) is 3.44. The first-order chi connectivity index (χ1) is 11.0. The quantitative estimate of drug-likeness (QED) is 0.893. The van der Waals surface area contributed by atoms with Crippen LogP contribution in [0.5, 0.6) is 0 Å². The number of aryl methyl sites for hydroxylation is 1. The van der Waals surface area contributed by atoms with E-state index in [1.165, 1.54) is 0 Å². The number of rotatable bonds is 5. The minimum absolute atomic E-state index is 0.0544. The van der Waals surface area contributed by atoms with Crippen LogP contribution in [0.15, 0.2) is 30.3 Å². The molecule has 2 aliphatic heterocycles. The van der Waals surface area contributed by atoms with Crippen molar-refractivity contribution >= 4 is 5.91 Å². The minimum atomic E-state index is -2.73. The van der Waals surface area contributed by atoms with Crippen LogP contribution in [0, 0.1) is 0 Å². The standard InChI is InChI=1S/C17H22F2N2O2/c18-17(19)8-14(11-22)21(12-17)15-9-20(10-15)16(23)7-6-13-4-2-1-3-5-13/h1-5,14-15,22H,6-12H2/t14-/m0/s1. The molecule has 1 amide bonds. The number of carbonyl (C=O) groups excluding carboxylic acids is 1. The fourth-order valence-electron chi connectivity index (χ4n) is 3.44. The first-order valence-electron chi connectivity index (χ1n) is 8.04. The summed E-state index contributed by atoms with van der Waals surface area (Å²) in [5.74, 6) is -2.66. The van der Waals surface area contributed by atoms with Crippen molar-refractivity contribution in [2.24, 2.45) is 0 Å². The van der Waals surface area contributed by atoms with Crippen molar-refractivity contribution in [1.29, 1.82) is 0 Å². The molecule has 0 bridgehead atoms. The summed E-state index contributed by atoms with van der Waals surface area (Å²) in [5.41, 5.74) is 1.12. The van der Waals surface area contributed by atoms with E-state index in [1.807, 2.05) is 30.3 Å². The van der Waals surface area contributed by atoms with E-state index in [9.17, 15) is 18.7 Å². The van der Waals surface area contributed by atoms with Gasteiger partial charge in [-0.15, -0.1) is 0 Å². The number of hydrogen-bond donors (Lipinski definition) is 1. The van der Waals surface area contributed by atoms with Crippen molar-refractivity contribution in [3.05, 3.63) is 35.9 Å². The predicted molar refractivity (Wildman–Crippen MR) is 82.3 cm³/mol. The van der Waals surface area contributed by atoms with E-state index in [4.69, 9.17) is 0 Å². The van der Waals surface area contributed by atoms with E-state index < -0.39 is 12.0 Å². The number of carbonyl (C=O) groups is 1. The van der Waals surface area contributed by atoms with Crippen molar-refractivity contribution in [2.75, 3.05) is 26.2 Å². The molecule has 1 aromatic carbocycles. The van der Waals surface area contributed by atoms with Gasteiger partial charge in [0.05, 0.1) is 13.2 Å². The Morgan fingerprint density at radius 3 is 2.61 bits per heavy atom. The lowest BCUT2D eigenvalue weighted by Gasteiger charge is -2.45. The van der Waals surface area contributed by atoms with Gasteiger partial charge in [0.1, 0.15) is 0 Å². The number of hydrogen-bond acceptors (Lipinski definition) is 3. The Morgan fingerprint density at radius 1 is 1.26 bits per heavy atom. The zero-order valence-electron chi connectivity index (χ0n) is 13.0. The molecule has 0 aliphatic carbocycles. The second kappa shape index (κ2) is 6.53. The van der Waals surface area contributed by atoms with Gasteiger partial charge in [-0.25, -0.2) is 8.78 Å². The van der Waals surface area contributed by atoms with E-state index in [0.29, 0.717) is 25.9 Å². The third kappa shape index (κ3) is 3.70. The number of aliphatic hydroxyl groups excluding tert-OH is 1. The molecule has 0 aromatic heterocycles. The van der Waals surface area contributed by atoms with Crippen LogP contribution in [-0.2, 0) is 11.2 Å². The summed E-state index contributed by atoms with van der Waals surface area (Å²) in [6.45, 7) is 0.406. The molecule has 2 aliphatic rings. The number of nitrogens with zero attached hydrogens (tertiary/aromatic N) is 2. The van der Waals surface area contributed by atoms with Crippen LogP contribution in [0.2, 0.25) is 0 Å². The van der Waals surface area contributed by atoms with Gasteiger partial charge in [0.2, 0.25) is 5.91 Å². The second-order valence-electron chi connectivity index (χ2n) is 6.51. The lowest BCUT2D eigenvalue weighted by Crippen LogP contribution is -2.62. The van der Waals surface area contributed by atoms with Crippen LogP contribution in [0.4, 0.5) is 8.78 Å². The molecule has 0 radical (unpaired) electrons. The van der Waals surface area contributed by atoms with Crippen molar-refractivity contribution in [3.8, 4) is 0 Å². The Bertz CT molecular complexity index is 547. The number of aliphatic hydroxyl groups is 1. The summed E-state index contributed by atoms with van der Waals surface area (Å²) in [7, 11) is 0. The van der Waals surface area contributed by atoms with Gasteiger partial charge in [0.15, 0.2) is 0 Å². The van der Waals surface area contributed by atoms with E-state index in [1.54, 1.807) is 9.80 Å². The molecule has 0 saturated carbocycles. The summed E-state index contributed by atoms with van der Waals surface area (Å²) in [6.07, 6.45) is 0.847. The fraction of sp³-hybridized carbons (Fsp3) is 0.588. The first-order valence-corrected chi connectivity index (χ1v) is 8.04. The van der Waals surface area contributed by atoms with E-state index in [2.05, 4.69) is 0 Å². The number of amides is 1. The molecule has 3 rings (SSSR count). The molecule has 2 saturated heterocycles. The molecule has 0 unspecified atom stereocenters. The zero-order chi connectivity index (χ0) is 16.4. The van der Waals surface area contributed by atoms with E-state index >= 15 is 0 Å². The van der Waals surface area contributed by atoms with Gasteiger partial charge >= 0.3 is 0 Å². The summed E-state index contributed by atoms with van der Waals surface area (Å²) in [4.78, 5) is 15.5. The monoisotopic (exact) mass is 324 g/mol. The average Bonchev–Trinajstić information content (AvgIpc) is 2.79. The van der Waals surface area contributed by atoms with Gasteiger partial charge < -0.3 is 10.0 Å². The zero-order valence-corrected chi connectivity index (χ0v) is 13.0. The summed E-state index contributed by atoms with van der Waals surface area (Å²) >= 11 is 0. The lowest BCUT2D eigenvalue weighted by molar-refractivity contribution is -0.139. The third-order valence-electron chi connectivity index (χ3n) is 4.78. The van der Waals surface area contributed by atoms with Crippen LogP contribution in [-0.4, -0.2) is 65.1 Å². The molecule has 4 nitrogen and oxygen atoms in total. The van der Waals surface area contributed by atoms with Gasteiger partial charge in [-0.2, -0.15) is 0 Å². The Kier molecular flexibility index (Phi) is 4.64. The Balaban J connectivity index is 1.46. The van der Waals surface area contributed by atoms with Crippen molar-refractivity contribution in [1.82, 2.24) is 9.80 Å². The molecule has 0 spiro atoms. The Morgan fingerprint density at radius 2 is 1.96 bits per heavy atom.